The summed E-state index contributed by atoms with van der Waals surface area (Å²) in [7, 11) is 0. The van der Waals surface area contributed by atoms with E-state index < -0.39 is 20.0 Å². The summed E-state index contributed by atoms with van der Waals surface area (Å²) in [4.78, 5) is 2.59. The van der Waals surface area contributed by atoms with Gasteiger partial charge in [-0.1, -0.05) is 93.6 Å². The minimum atomic E-state index is -1.96. The Balaban J connectivity index is 2.82. The van der Waals surface area contributed by atoms with Crippen LogP contribution in [-0.2, 0) is 0 Å². The van der Waals surface area contributed by atoms with Crippen LogP contribution in [0.2, 0.25) is 0 Å². The van der Waals surface area contributed by atoms with Crippen molar-refractivity contribution in [2.45, 2.75) is 20.0 Å². The molecule has 0 aliphatic carbocycles. The third kappa shape index (κ3) is 5.21. The molecule has 12 heteroatoms. The van der Waals surface area contributed by atoms with Crippen molar-refractivity contribution in [3.05, 3.63) is 0 Å². The summed E-state index contributed by atoms with van der Waals surface area (Å²) < 4.78 is -3.55. The topological polar surface area (TPSA) is 46.9 Å². The molecule has 0 radical (unpaired) electrons. The second-order valence-electron chi connectivity index (χ2n) is 3.57. The maximum atomic E-state index is 9.91. The smallest absolute Gasteiger partial charge is 0.234 e. The molecule has 0 aromatic rings. The van der Waals surface area contributed by atoms with Gasteiger partial charge in [0.1, 0.15) is 4.32 Å². The average Bonchev–Trinajstić information content (AvgIpc) is 2.25. The van der Waals surface area contributed by atoms with Crippen molar-refractivity contribution in [1.82, 2.24) is 9.80 Å². The summed E-state index contributed by atoms with van der Waals surface area (Å²) in [6.07, 6.45) is -2.87. The van der Waals surface area contributed by atoms with Gasteiger partial charge in [-0.2, -0.15) is 0 Å². The fourth-order valence-corrected chi connectivity index (χ4v) is 3.13. The number of alkyl halides is 6. The fourth-order valence-electron chi connectivity index (χ4n) is 1.22. The zero-order valence-electron chi connectivity index (χ0n) is 8.94. The number of halogens is 6. The average molecular weight is 429 g/mol. The van der Waals surface area contributed by atoms with Crippen LogP contribution in [0.15, 0.2) is 0 Å². The predicted octanol–water partition coefficient (Wildman–Crippen LogP) is 2.91. The van der Waals surface area contributed by atoms with Crippen molar-refractivity contribution >= 4 is 97.9 Å². The Morgan fingerprint density at radius 1 is 1.05 bits per heavy atom. The van der Waals surface area contributed by atoms with Crippen LogP contribution in [0.25, 0.3) is 0 Å². The van der Waals surface area contributed by atoms with Crippen molar-refractivity contribution in [2.24, 2.45) is 0 Å². The molecule has 1 aliphatic heterocycles. The molecule has 19 heavy (non-hydrogen) atoms. The predicted molar refractivity (Wildman–Crippen MR) is 86.2 cm³/mol. The van der Waals surface area contributed by atoms with Crippen LogP contribution < -0.4 is 0 Å². The van der Waals surface area contributed by atoms with Gasteiger partial charge in [-0.15, -0.1) is 0 Å². The number of nitrogens with zero attached hydrogens (tertiary/aromatic N) is 2. The minimum absolute atomic E-state index is 0.0456. The van der Waals surface area contributed by atoms with Crippen molar-refractivity contribution in [3.63, 3.8) is 0 Å². The molecule has 0 unspecified atom stereocenters. The molecule has 2 N–H and O–H groups in total. The molecule has 0 amide bonds. The van der Waals surface area contributed by atoms with Gasteiger partial charge in [-0.05, 0) is 0 Å². The van der Waals surface area contributed by atoms with Crippen molar-refractivity contribution in [2.75, 3.05) is 12.5 Å². The first kappa shape index (κ1) is 18.9. The molecule has 1 fully saturated rings. The van der Waals surface area contributed by atoms with Gasteiger partial charge in [0.2, 0.25) is 7.59 Å². The van der Waals surface area contributed by atoms with E-state index in [4.69, 9.17) is 81.8 Å². The molecule has 0 saturated carbocycles. The summed E-state index contributed by atoms with van der Waals surface area (Å²) in [6, 6.07) is 0. The monoisotopic (exact) mass is 426 g/mol. The molecule has 0 aromatic heterocycles. The van der Waals surface area contributed by atoms with Gasteiger partial charge in [0.05, 0.1) is 12.5 Å². The molecule has 1 aliphatic rings. The van der Waals surface area contributed by atoms with Gasteiger partial charge >= 0.3 is 0 Å². The van der Waals surface area contributed by atoms with E-state index in [1.165, 1.54) is 9.80 Å². The SMILES string of the molecule is O[C@@H](N1CSC(=S)N([C@H](O)C(Cl)(Cl)Cl)C1)C(Cl)(Cl)Cl. The molecule has 1 rings (SSSR count). The highest BCUT2D eigenvalue weighted by molar-refractivity contribution is 8.22. The molecule has 0 bridgehead atoms. The van der Waals surface area contributed by atoms with Crippen LogP contribution in [0.5, 0.6) is 0 Å². The third-order valence-electron chi connectivity index (χ3n) is 2.15. The number of aliphatic hydroxyl groups is 2. The summed E-state index contributed by atoms with van der Waals surface area (Å²) in [5.74, 6) is 0.275. The van der Waals surface area contributed by atoms with E-state index in [0.717, 1.165) is 11.8 Å². The molecule has 2 atom stereocenters. The quantitative estimate of drug-likeness (QED) is 0.521. The zero-order chi connectivity index (χ0) is 15.0. The Hall–Kier alpha value is 1.86. The van der Waals surface area contributed by atoms with Gasteiger partial charge in [-0.25, -0.2) is 4.90 Å². The van der Waals surface area contributed by atoms with Gasteiger partial charge in [0.25, 0.3) is 0 Å². The number of thiocarbonyl (C=S) groups is 1. The highest BCUT2D eigenvalue weighted by Gasteiger charge is 2.43. The molecule has 1 heterocycles. The van der Waals surface area contributed by atoms with E-state index in [1.54, 1.807) is 0 Å². The molecule has 1 saturated heterocycles. The summed E-state index contributed by atoms with van der Waals surface area (Å²) >= 11 is 39.8. The van der Waals surface area contributed by atoms with Gasteiger partial charge < -0.3 is 15.1 Å². The lowest BCUT2D eigenvalue weighted by atomic mass is 10.5. The molecular weight excluding hydrogens is 421 g/mol. The number of thioether (sulfide) groups is 1. The summed E-state index contributed by atoms with van der Waals surface area (Å²) in [5, 5.41) is 19.8. The van der Waals surface area contributed by atoms with E-state index in [2.05, 4.69) is 0 Å². The van der Waals surface area contributed by atoms with E-state index in [0.29, 0.717) is 4.32 Å². The van der Waals surface area contributed by atoms with Crippen LogP contribution >= 0.6 is 93.6 Å². The van der Waals surface area contributed by atoms with Crippen molar-refractivity contribution in [1.29, 1.82) is 0 Å². The van der Waals surface area contributed by atoms with Crippen molar-refractivity contribution < 1.29 is 10.2 Å². The Morgan fingerprint density at radius 3 is 1.95 bits per heavy atom. The summed E-state index contributed by atoms with van der Waals surface area (Å²) in [5.41, 5.74) is 0. The van der Waals surface area contributed by atoms with Crippen LogP contribution in [0.1, 0.15) is 0 Å². The first-order valence-electron chi connectivity index (χ1n) is 4.61. The maximum Gasteiger partial charge on any atom is 0.234 e. The maximum absolute atomic E-state index is 9.91. The number of hydrogen-bond acceptors (Lipinski definition) is 5. The number of rotatable bonds is 2. The fraction of sp³-hybridized carbons (Fsp3) is 0.857. The Kier molecular flexibility index (Phi) is 6.93. The largest absolute Gasteiger partial charge is 0.374 e. The first-order valence-corrected chi connectivity index (χ1v) is 8.27. The van der Waals surface area contributed by atoms with E-state index >= 15 is 0 Å². The third-order valence-corrected chi connectivity index (χ3v) is 4.85. The molecule has 0 spiro atoms. The highest BCUT2D eigenvalue weighted by Crippen LogP contribution is 2.38. The van der Waals surface area contributed by atoms with E-state index in [-0.39, 0.29) is 12.5 Å². The zero-order valence-corrected chi connectivity index (χ0v) is 15.1. The normalized spacial score (nSPS) is 22.5. The van der Waals surface area contributed by atoms with Crippen LogP contribution in [0, 0.1) is 0 Å². The van der Waals surface area contributed by atoms with E-state index in [9.17, 15) is 10.2 Å². The van der Waals surface area contributed by atoms with Crippen molar-refractivity contribution in [3.8, 4) is 0 Å². The second-order valence-corrected chi connectivity index (χ2v) is 9.89. The molecule has 4 nitrogen and oxygen atoms in total. The lowest BCUT2D eigenvalue weighted by molar-refractivity contribution is -0.0394. The Labute approximate surface area is 149 Å². The van der Waals surface area contributed by atoms with Gasteiger partial charge in [0, 0.05) is 0 Å². The summed E-state index contributed by atoms with van der Waals surface area (Å²) in [6.45, 7) is -0.0456. The van der Waals surface area contributed by atoms with Crippen LogP contribution in [-0.4, -0.2) is 56.9 Å². The number of hydrogen-bond donors (Lipinski definition) is 2. The molecule has 0 aromatic carbocycles. The highest BCUT2D eigenvalue weighted by atomic mass is 35.6. The first-order chi connectivity index (χ1) is 8.44. The molecule has 112 valence electrons. The number of aliphatic hydroxyl groups excluding tert-OH is 2. The van der Waals surface area contributed by atoms with Crippen LogP contribution in [0.4, 0.5) is 0 Å². The lowest BCUT2D eigenvalue weighted by Crippen LogP contribution is -2.58. The Morgan fingerprint density at radius 2 is 1.53 bits per heavy atom. The minimum Gasteiger partial charge on any atom is -0.374 e. The van der Waals surface area contributed by atoms with Crippen LogP contribution in [0.3, 0.4) is 0 Å². The molecular formula is C7H8Cl6N2O2S2. The second kappa shape index (κ2) is 6.96. The Bertz CT molecular complexity index is 349. The van der Waals surface area contributed by atoms with Gasteiger partial charge in [0.15, 0.2) is 12.5 Å². The van der Waals surface area contributed by atoms with Gasteiger partial charge in [-0.3, -0.25) is 0 Å². The standard InChI is InChI=1S/C7H8Cl6N2O2S2/c8-6(9,10)3(16)14-1-15(5(18)19-2-14)4(17)7(11,12)13/h3-4,16-17H,1-2H2/t3-,4-/m1/s1. The lowest BCUT2D eigenvalue weighted by Gasteiger charge is -2.43. The van der Waals surface area contributed by atoms with E-state index in [1.807, 2.05) is 0 Å².